The van der Waals surface area contributed by atoms with Crippen molar-refractivity contribution in [3.8, 4) is 11.1 Å². The molecule has 1 aromatic heterocycles. The minimum Gasteiger partial charge on any atom is -0.390 e. The van der Waals surface area contributed by atoms with Crippen molar-refractivity contribution >= 4 is 5.84 Å². The second-order valence-corrected chi connectivity index (χ2v) is 8.97. The Kier molecular flexibility index (Phi) is 8.53. The second kappa shape index (κ2) is 12.2. The fourth-order valence-corrected chi connectivity index (χ4v) is 4.38. The summed E-state index contributed by atoms with van der Waals surface area (Å²) in [7, 11) is 0. The van der Waals surface area contributed by atoms with Crippen LogP contribution in [0.25, 0.3) is 11.1 Å². The standard InChI is InChI=1S/C30H35N5O/c1-3-4-14-29-33-22(2)28(21-36)35(29)20-24-15-17-25(18-16-24)26-12-8-9-13-27(26)30(31)34-32-19-23-10-6-5-7-11-23/h5-13,15-18,32,36H,3-4,14,19-21H2,1-2H3,(H2,31,34). The van der Waals surface area contributed by atoms with Crippen LogP contribution in [0, 0.1) is 6.92 Å². The fraction of sp³-hybridized carbons (Fsp3) is 0.267. The average Bonchev–Trinajstić information content (AvgIpc) is 3.21. The zero-order chi connectivity index (χ0) is 25.3. The first-order chi connectivity index (χ1) is 17.6. The van der Waals surface area contributed by atoms with Crippen molar-refractivity contribution in [1.82, 2.24) is 15.0 Å². The SMILES string of the molecule is CCCCc1nc(C)c(CO)n1Cc1ccc(-c2ccccc2/C(N)=N\NCc2ccccc2)cc1. The lowest BCUT2D eigenvalue weighted by Gasteiger charge is -2.13. The molecular weight excluding hydrogens is 446 g/mol. The van der Waals surface area contributed by atoms with Crippen LogP contribution in [0.5, 0.6) is 0 Å². The first-order valence-electron chi connectivity index (χ1n) is 12.5. The zero-order valence-corrected chi connectivity index (χ0v) is 21.1. The number of unbranched alkanes of at least 4 members (excludes halogenated alkanes) is 1. The number of benzene rings is 3. The number of aliphatic hydroxyl groups is 1. The van der Waals surface area contributed by atoms with Gasteiger partial charge in [-0.05, 0) is 35.6 Å². The molecule has 186 valence electrons. The Morgan fingerprint density at radius 1 is 0.972 bits per heavy atom. The van der Waals surface area contributed by atoms with Gasteiger partial charge in [0.2, 0.25) is 0 Å². The zero-order valence-electron chi connectivity index (χ0n) is 21.1. The number of rotatable bonds is 11. The van der Waals surface area contributed by atoms with Gasteiger partial charge in [0.1, 0.15) is 5.82 Å². The summed E-state index contributed by atoms with van der Waals surface area (Å²) >= 11 is 0. The lowest BCUT2D eigenvalue weighted by atomic mass is 9.98. The Hall–Kier alpha value is -3.90. The largest absolute Gasteiger partial charge is 0.390 e. The number of imidazole rings is 1. The first kappa shape index (κ1) is 25.2. The molecule has 0 spiro atoms. The highest BCUT2D eigenvalue weighted by Crippen LogP contribution is 2.25. The van der Waals surface area contributed by atoms with Gasteiger partial charge in [0.15, 0.2) is 5.84 Å². The number of hydrazone groups is 1. The second-order valence-electron chi connectivity index (χ2n) is 8.97. The van der Waals surface area contributed by atoms with E-state index in [0.29, 0.717) is 18.9 Å². The molecule has 0 bridgehead atoms. The molecule has 0 aliphatic heterocycles. The molecular formula is C30H35N5O. The van der Waals surface area contributed by atoms with E-state index < -0.39 is 0 Å². The van der Waals surface area contributed by atoms with E-state index in [-0.39, 0.29) is 6.61 Å². The van der Waals surface area contributed by atoms with E-state index in [1.807, 2.05) is 43.3 Å². The number of aryl methyl sites for hydroxylation is 2. The van der Waals surface area contributed by atoms with Crippen molar-refractivity contribution < 1.29 is 5.11 Å². The third-order valence-electron chi connectivity index (χ3n) is 6.39. The Balaban J connectivity index is 1.52. The monoisotopic (exact) mass is 481 g/mol. The van der Waals surface area contributed by atoms with Crippen molar-refractivity contribution in [3.63, 3.8) is 0 Å². The lowest BCUT2D eigenvalue weighted by molar-refractivity contribution is 0.270. The van der Waals surface area contributed by atoms with E-state index >= 15 is 0 Å². The fourth-order valence-electron chi connectivity index (χ4n) is 4.38. The van der Waals surface area contributed by atoms with Crippen molar-refractivity contribution in [3.05, 3.63) is 113 Å². The van der Waals surface area contributed by atoms with Gasteiger partial charge in [-0.25, -0.2) is 4.98 Å². The molecule has 0 aliphatic carbocycles. The van der Waals surface area contributed by atoms with Crippen LogP contribution in [0.15, 0.2) is 84.0 Å². The summed E-state index contributed by atoms with van der Waals surface area (Å²) in [6, 6.07) is 26.7. The Morgan fingerprint density at radius 2 is 1.69 bits per heavy atom. The van der Waals surface area contributed by atoms with E-state index in [9.17, 15) is 5.11 Å². The van der Waals surface area contributed by atoms with Crippen molar-refractivity contribution in [1.29, 1.82) is 0 Å². The van der Waals surface area contributed by atoms with E-state index in [2.05, 4.69) is 64.5 Å². The molecule has 6 heteroatoms. The van der Waals surface area contributed by atoms with Crippen LogP contribution < -0.4 is 11.2 Å². The molecule has 0 atom stereocenters. The number of nitrogens with zero attached hydrogens (tertiary/aromatic N) is 3. The molecule has 0 aliphatic rings. The molecule has 36 heavy (non-hydrogen) atoms. The quantitative estimate of drug-likeness (QED) is 0.157. The van der Waals surface area contributed by atoms with Crippen LogP contribution in [0.3, 0.4) is 0 Å². The number of hydrogen-bond acceptors (Lipinski definition) is 4. The summed E-state index contributed by atoms with van der Waals surface area (Å²) in [5.74, 6) is 1.49. The molecule has 0 saturated heterocycles. The van der Waals surface area contributed by atoms with Gasteiger partial charge in [-0.2, -0.15) is 5.10 Å². The molecule has 6 nitrogen and oxygen atoms in total. The highest BCUT2D eigenvalue weighted by Gasteiger charge is 2.14. The molecule has 1 heterocycles. The molecule has 4 N–H and O–H groups in total. The number of amidine groups is 1. The summed E-state index contributed by atoms with van der Waals surface area (Å²) in [4.78, 5) is 4.72. The first-order valence-corrected chi connectivity index (χ1v) is 12.5. The van der Waals surface area contributed by atoms with Crippen LogP contribution in [0.4, 0.5) is 0 Å². The van der Waals surface area contributed by atoms with Crippen molar-refractivity contribution in [2.24, 2.45) is 10.8 Å². The smallest absolute Gasteiger partial charge is 0.151 e. The third kappa shape index (κ3) is 6.01. The predicted octanol–water partition coefficient (Wildman–Crippen LogP) is 5.15. The van der Waals surface area contributed by atoms with Crippen LogP contribution >= 0.6 is 0 Å². The molecule has 4 rings (SSSR count). The number of aromatic nitrogens is 2. The molecule has 0 amide bonds. The van der Waals surface area contributed by atoms with Crippen molar-refractivity contribution in [2.45, 2.75) is 52.8 Å². The maximum Gasteiger partial charge on any atom is 0.151 e. The Morgan fingerprint density at radius 3 is 2.42 bits per heavy atom. The van der Waals surface area contributed by atoms with E-state index in [1.165, 1.54) is 0 Å². The highest BCUT2D eigenvalue weighted by molar-refractivity contribution is 6.03. The highest BCUT2D eigenvalue weighted by atomic mass is 16.3. The van der Waals surface area contributed by atoms with Gasteiger partial charge < -0.3 is 20.8 Å². The molecule has 0 saturated carbocycles. The normalized spacial score (nSPS) is 11.6. The van der Waals surface area contributed by atoms with Crippen LogP contribution in [0.2, 0.25) is 0 Å². The summed E-state index contributed by atoms with van der Waals surface area (Å²) in [5, 5.41) is 14.3. The average molecular weight is 482 g/mol. The number of aliphatic hydroxyl groups excluding tert-OH is 1. The molecule has 4 aromatic rings. The Bertz CT molecular complexity index is 1290. The van der Waals surface area contributed by atoms with Crippen LogP contribution in [-0.2, 0) is 26.1 Å². The topological polar surface area (TPSA) is 88.5 Å². The van der Waals surface area contributed by atoms with E-state index in [1.54, 1.807) is 0 Å². The van der Waals surface area contributed by atoms with Gasteiger partial charge in [-0.1, -0.05) is 92.2 Å². The summed E-state index contributed by atoms with van der Waals surface area (Å²) in [5.41, 5.74) is 16.6. The van der Waals surface area contributed by atoms with Gasteiger partial charge in [0.05, 0.1) is 24.5 Å². The molecule has 3 aromatic carbocycles. The van der Waals surface area contributed by atoms with E-state index in [0.717, 1.165) is 64.3 Å². The number of nitrogens with two attached hydrogens (primary N) is 1. The maximum atomic E-state index is 9.93. The molecule has 0 unspecified atom stereocenters. The van der Waals surface area contributed by atoms with Crippen LogP contribution in [0.1, 0.15) is 53.7 Å². The van der Waals surface area contributed by atoms with Crippen molar-refractivity contribution in [2.75, 3.05) is 0 Å². The summed E-state index contributed by atoms with van der Waals surface area (Å²) in [6.45, 7) is 5.44. The number of nitrogens with one attached hydrogen (secondary N) is 1. The summed E-state index contributed by atoms with van der Waals surface area (Å²) < 4.78 is 2.16. The van der Waals surface area contributed by atoms with Gasteiger partial charge in [0.25, 0.3) is 0 Å². The Labute approximate surface area is 213 Å². The summed E-state index contributed by atoms with van der Waals surface area (Å²) in [6.07, 6.45) is 3.11. The van der Waals surface area contributed by atoms with Crippen LogP contribution in [-0.4, -0.2) is 20.5 Å². The van der Waals surface area contributed by atoms with E-state index in [4.69, 9.17) is 10.7 Å². The lowest BCUT2D eigenvalue weighted by Crippen LogP contribution is -2.19. The minimum atomic E-state index is -0.00661. The maximum absolute atomic E-state index is 9.93. The van der Waals surface area contributed by atoms with Gasteiger partial charge in [-0.3, -0.25) is 0 Å². The van der Waals surface area contributed by atoms with Gasteiger partial charge in [0, 0.05) is 18.5 Å². The molecule has 0 fully saturated rings. The third-order valence-corrected chi connectivity index (χ3v) is 6.39. The van der Waals surface area contributed by atoms with Gasteiger partial charge in [-0.15, -0.1) is 0 Å². The predicted molar refractivity (Wildman–Crippen MR) is 146 cm³/mol. The van der Waals surface area contributed by atoms with Gasteiger partial charge >= 0.3 is 0 Å². The number of hydrogen-bond donors (Lipinski definition) is 3. The minimum absolute atomic E-state index is 0.00661. The molecule has 0 radical (unpaired) electrons.